The predicted molar refractivity (Wildman–Crippen MR) is 77.5 cm³/mol. The molecule has 0 aromatic heterocycles. The lowest BCUT2D eigenvalue weighted by atomic mass is 9.91. The molecule has 0 radical (unpaired) electrons. The van der Waals surface area contributed by atoms with Gasteiger partial charge in [-0.3, -0.25) is 0 Å². The van der Waals surface area contributed by atoms with Crippen molar-refractivity contribution in [2.24, 2.45) is 0 Å². The molecule has 0 heterocycles. The fourth-order valence-corrected chi connectivity index (χ4v) is 2.25. The van der Waals surface area contributed by atoms with Crippen LogP contribution >= 0.6 is 0 Å². The molecule has 0 aliphatic rings. The van der Waals surface area contributed by atoms with Gasteiger partial charge >= 0.3 is 0 Å². The van der Waals surface area contributed by atoms with Gasteiger partial charge in [-0.1, -0.05) is 49.4 Å². The Morgan fingerprint density at radius 2 is 1.80 bits per heavy atom. The Hall–Kier alpha value is -1.87. The summed E-state index contributed by atoms with van der Waals surface area (Å²) in [6, 6.07) is 14.7. The van der Waals surface area contributed by atoms with Crippen LogP contribution in [0.2, 0.25) is 0 Å². The van der Waals surface area contributed by atoms with Gasteiger partial charge in [0, 0.05) is 12.3 Å². The molecule has 1 N–H and O–H groups in total. The van der Waals surface area contributed by atoms with E-state index in [0.717, 1.165) is 5.56 Å². The van der Waals surface area contributed by atoms with Crippen LogP contribution in [-0.2, 0) is 6.42 Å². The largest absolute Gasteiger partial charge is 0.494 e. The molecule has 106 valence electrons. The lowest BCUT2D eigenvalue weighted by molar-refractivity contribution is 0.148. The van der Waals surface area contributed by atoms with Crippen LogP contribution in [0.15, 0.2) is 48.5 Å². The van der Waals surface area contributed by atoms with Crippen molar-refractivity contribution in [2.75, 3.05) is 7.11 Å². The summed E-state index contributed by atoms with van der Waals surface area (Å²) in [6.07, 6.45) is -0.377. The van der Waals surface area contributed by atoms with Crippen LogP contribution in [0.25, 0.3) is 0 Å². The summed E-state index contributed by atoms with van der Waals surface area (Å²) in [5, 5.41) is 10.3. The summed E-state index contributed by atoms with van der Waals surface area (Å²) >= 11 is 0. The van der Waals surface area contributed by atoms with Gasteiger partial charge in [0.25, 0.3) is 0 Å². The minimum Gasteiger partial charge on any atom is -0.494 e. The Kier molecular flexibility index (Phi) is 4.74. The zero-order valence-corrected chi connectivity index (χ0v) is 11.7. The lowest BCUT2D eigenvalue weighted by Crippen LogP contribution is -2.19. The summed E-state index contributed by atoms with van der Waals surface area (Å²) in [7, 11) is 1.44. The van der Waals surface area contributed by atoms with E-state index in [1.807, 2.05) is 37.3 Å². The number of rotatable bonds is 5. The van der Waals surface area contributed by atoms with E-state index in [-0.39, 0.29) is 18.1 Å². The Balaban J connectivity index is 2.14. The molecular formula is C17H19FO2. The molecule has 2 aromatic rings. The number of hydrogen-bond acceptors (Lipinski definition) is 2. The van der Waals surface area contributed by atoms with E-state index in [1.54, 1.807) is 18.2 Å². The molecule has 0 saturated heterocycles. The topological polar surface area (TPSA) is 29.5 Å². The van der Waals surface area contributed by atoms with E-state index in [0.29, 0.717) is 5.56 Å². The highest BCUT2D eigenvalue weighted by Gasteiger charge is 2.19. The van der Waals surface area contributed by atoms with Crippen LogP contribution in [0.4, 0.5) is 4.39 Å². The summed E-state index contributed by atoms with van der Waals surface area (Å²) in [6.45, 7) is 1.94. The van der Waals surface area contributed by atoms with Crippen molar-refractivity contribution in [1.82, 2.24) is 0 Å². The number of aliphatic hydroxyl groups is 1. The van der Waals surface area contributed by atoms with Crippen LogP contribution in [0.3, 0.4) is 0 Å². The van der Waals surface area contributed by atoms with Crippen molar-refractivity contribution < 1.29 is 14.2 Å². The highest BCUT2D eigenvalue weighted by atomic mass is 19.1. The van der Waals surface area contributed by atoms with Crippen LogP contribution in [0.1, 0.15) is 24.0 Å². The minimum atomic E-state index is -0.640. The van der Waals surface area contributed by atoms with Gasteiger partial charge in [-0.2, -0.15) is 0 Å². The van der Waals surface area contributed by atoms with E-state index in [1.165, 1.54) is 7.11 Å². The molecule has 0 saturated carbocycles. The van der Waals surface area contributed by atoms with Crippen molar-refractivity contribution in [3.63, 3.8) is 0 Å². The van der Waals surface area contributed by atoms with Gasteiger partial charge in [-0.15, -0.1) is 0 Å². The van der Waals surface area contributed by atoms with Crippen LogP contribution < -0.4 is 4.74 Å². The van der Waals surface area contributed by atoms with Crippen molar-refractivity contribution >= 4 is 0 Å². The molecule has 0 aliphatic heterocycles. The maximum atomic E-state index is 14.1. The third-order valence-electron chi connectivity index (χ3n) is 3.59. The zero-order valence-electron chi connectivity index (χ0n) is 11.7. The lowest BCUT2D eigenvalue weighted by Gasteiger charge is -2.20. The smallest absolute Gasteiger partial charge is 0.168 e. The average molecular weight is 274 g/mol. The number of hydrogen-bond donors (Lipinski definition) is 1. The zero-order chi connectivity index (χ0) is 14.5. The van der Waals surface area contributed by atoms with E-state index in [4.69, 9.17) is 4.74 Å². The normalized spacial score (nSPS) is 13.8. The number of methoxy groups -OCH3 is 1. The first-order valence-electron chi connectivity index (χ1n) is 6.68. The SMILES string of the molecule is COc1cccc(CC(O)C(C)c2ccccc2)c1F. The van der Waals surface area contributed by atoms with Gasteiger partial charge in [-0.25, -0.2) is 4.39 Å². The van der Waals surface area contributed by atoms with Crippen molar-refractivity contribution in [2.45, 2.75) is 25.4 Å². The Morgan fingerprint density at radius 3 is 2.45 bits per heavy atom. The first kappa shape index (κ1) is 14.5. The molecule has 0 bridgehead atoms. The maximum Gasteiger partial charge on any atom is 0.168 e. The van der Waals surface area contributed by atoms with Gasteiger partial charge < -0.3 is 9.84 Å². The van der Waals surface area contributed by atoms with Gasteiger partial charge in [0.05, 0.1) is 13.2 Å². The number of benzene rings is 2. The first-order chi connectivity index (χ1) is 9.63. The van der Waals surface area contributed by atoms with Crippen molar-refractivity contribution in [3.05, 3.63) is 65.5 Å². The molecule has 2 aromatic carbocycles. The average Bonchev–Trinajstić information content (AvgIpc) is 2.49. The quantitative estimate of drug-likeness (QED) is 0.903. The molecule has 0 spiro atoms. The van der Waals surface area contributed by atoms with E-state index in [2.05, 4.69) is 0 Å². The van der Waals surface area contributed by atoms with Crippen LogP contribution in [0.5, 0.6) is 5.75 Å². The van der Waals surface area contributed by atoms with Gasteiger partial charge in [-0.05, 0) is 17.2 Å². The van der Waals surface area contributed by atoms with E-state index < -0.39 is 11.9 Å². The molecule has 3 heteroatoms. The second-order valence-electron chi connectivity index (χ2n) is 4.90. The first-order valence-corrected chi connectivity index (χ1v) is 6.68. The fraction of sp³-hybridized carbons (Fsp3) is 0.294. The fourth-order valence-electron chi connectivity index (χ4n) is 2.25. The summed E-state index contributed by atoms with van der Waals surface area (Å²) < 4.78 is 19.0. The molecule has 20 heavy (non-hydrogen) atoms. The van der Waals surface area contributed by atoms with Crippen molar-refractivity contribution in [3.8, 4) is 5.75 Å². The highest BCUT2D eigenvalue weighted by Crippen LogP contribution is 2.25. The molecule has 0 amide bonds. The molecule has 0 aliphatic carbocycles. The molecule has 2 atom stereocenters. The maximum absolute atomic E-state index is 14.1. The summed E-state index contributed by atoms with van der Waals surface area (Å²) in [5.74, 6) is -0.238. The van der Waals surface area contributed by atoms with Gasteiger partial charge in [0.1, 0.15) is 0 Å². The highest BCUT2D eigenvalue weighted by molar-refractivity contribution is 5.32. The Labute approximate surface area is 118 Å². The van der Waals surface area contributed by atoms with Gasteiger partial charge in [0.15, 0.2) is 11.6 Å². The standard InChI is InChI=1S/C17H19FO2/c1-12(13-7-4-3-5-8-13)15(19)11-14-9-6-10-16(20-2)17(14)18/h3-10,12,15,19H,11H2,1-2H3. The second kappa shape index (κ2) is 6.53. The number of aliphatic hydroxyl groups excluding tert-OH is 1. The molecular weight excluding hydrogens is 255 g/mol. The number of halogens is 1. The summed E-state index contributed by atoms with van der Waals surface area (Å²) in [5.41, 5.74) is 1.52. The molecule has 2 unspecified atom stereocenters. The monoisotopic (exact) mass is 274 g/mol. The molecule has 0 fully saturated rings. The van der Waals surface area contributed by atoms with E-state index >= 15 is 0 Å². The van der Waals surface area contributed by atoms with Crippen molar-refractivity contribution in [1.29, 1.82) is 0 Å². The van der Waals surface area contributed by atoms with Gasteiger partial charge in [0.2, 0.25) is 0 Å². The predicted octanol–water partition coefficient (Wildman–Crippen LogP) is 3.54. The third-order valence-corrected chi connectivity index (χ3v) is 3.59. The Morgan fingerprint density at radius 1 is 1.10 bits per heavy atom. The molecule has 2 rings (SSSR count). The van der Waals surface area contributed by atoms with Crippen LogP contribution in [-0.4, -0.2) is 18.3 Å². The summed E-state index contributed by atoms with van der Waals surface area (Å²) in [4.78, 5) is 0. The molecule has 2 nitrogen and oxygen atoms in total. The number of ether oxygens (including phenoxy) is 1. The third kappa shape index (κ3) is 3.17. The minimum absolute atomic E-state index is 0.0539. The van der Waals surface area contributed by atoms with E-state index in [9.17, 15) is 9.50 Å². The second-order valence-corrected chi connectivity index (χ2v) is 4.90. The Bertz CT molecular complexity index is 554. The van der Waals surface area contributed by atoms with Crippen LogP contribution in [0, 0.1) is 5.82 Å².